The molecule has 6 nitrogen and oxygen atoms in total. The van der Waals surface area contributed by atoms with Crippen molar-refractivity contribution in [2.24, 2.45) is 16.9 Å². The van der Waals surface area contributed by atoms with Gasteiger partial charge in [0.05, 0.1) is 5.71 Å². The Labute approximate surface area is 170 Å². The Morgan fingerprint density at radius 2 is 1.69 bits per heavy atom. The van der Waals surface area contributed by atoms with Gasteiger partial charge in [0.2, 0.25) is 5.91 Å². The van der Waals surface area contributed by atoms with Crippen LogP contribution in [-0.2, 0) is 16.1 Å². The minimum atomic E-state index is -0.285. The van der Waals surface area contributed by atoms with Gasteiger partial charge in [-0.1, -0.05) is 60.7 Å². The summed E-state index contributed by atoms with van der Waals surface area (Å²) < 4.78 is 5.43. The van der Waals surface area contributed by atoms with Crippen LogP contribution in [0.2, 0.25) is 0 Å². The van der Waals surface area contributed by atoms with Gasteiger partial charge in [-0.15, -0.1) is 0 Å². The second-order valence-electron chi connectivity index (χ2n) is 7.58. The molecule has 29 heavy (non-hydrogen) atoms. The third-order valence-electron chi connectivity index (χ3n) is 5.73. The molecule has 2 amide bonds. The molecule has 0 saturated carbocycles. The molecule has 1 saturated heterocycles. The molecule has 150 valence electrons. The molecule has 2 aliphatic heterocycles. The number of amides is 2. The average molecular weight is 391 g/mol. The summed E-state index contributed by atoms with van der Waals surface area (Å²) in [4.78, 5) is 26.5. The summed E-state index contributed by atoms with van der Waals surface area (Å²) in [5.74, 6) is 0.113. The molecule has 0 aliphatic carbocycles. The molecule has 6 heteroatoms. The van der Waals surface area contributed by atoms with Crippen molar-refractivity contribution in [2.75, 3.05) is 13.1 Å². The van der Waals surface area contributed by atoms with Crippen molar-refractivity contribution in [1.82, 2.24) is 10.3 Å². The van der Waals surface area contributed by atoms with Crippen molar-refractivity contribution in [2.45, 2.75) is 25.9 Å². The first-order valence-corrected chi connectivity index (χ1v) is 10.1. The summed E-state index contributed by atoms with van der Waals surface area (Å²) in [5.41, 5.74) is 5.63. The van der Waals surface area contributed by atoms with Gasteiger partial charge >= 0.3 is 6.09 Å². The minimum absolute atomic E-state index is 0.0187. The van der Waals surface area contributed by atoms with Crippen molar-refractivity contribution in [3.63, 3.8) is 0 Å². The Kier molecular flexibility index (Phi) is 5.89. The summed E-state index contributed by atoms with van der Waals surface area (Å²) in [6, 6.07) is 19.6. The summed E-state index contributed by atoms with van der Waals surface area (Å²) in [6.45, 7) is 1.50. The first kappa shape index (κ1) is 19.2. The van der Waals surface area contributed by atoms with Crippen molar-refractivity contribution in [1.29, 1.82) is 0 Å². The highest BCUT2D eigenvalue weighted by Gasteiger charge is 2.35. The van der Waals surface area contributed by atoms with Gasteiger partial charge in [0.25, 0.3) is 0 Å². The van der Waals surface area contributed by atoms with E-state index in [1.807, 2.05) is 60.7 Å². The second-order valence-corrected chi connectivity index (χ2v) is 7.58. The molecule has 0 bridgehead atoms. The lowest BCUT2D eigenvalue weighted by Crippen LogP contribution is -2.45. The van der Waals surface area contributed by atoms with E-state index in [0.29, 0.717) is 19.5 Å². The Hall–Kier alpha value is -3.15. The lowest BCUT2D eigenvalue weighted by molar-refractivity contribution is -0.127. The van der Waals surface area contributed by atoms with Crippen LogP contribution in [0.1, 0.15) is 30.4 Å². The molecule has 1 N–H and O–H groups in total. The van der Waals surface area contributed by atoms with Crippen LogP contribution < -0.4 is 5.43 Å². The van der Waals surface area contributed by atoms with Gasteiger partial charge in [-0.3, -0.25) is 4.79 Å². The molecule has 2 aromatic carbocycles. The van der Waals surface area contributed by atoms with E-state index in [-0.39, 0.29) is 30.4 Å². The van der Waals surface area contributed by atoms with Gasteiger partial charge < -0.3 is 9.64 Å². The van der Waals surface area contributed by atoms with E-state index in [1.165, 1.54) is 0 Å². The molecular weight excluding hydrogens is 366 g/mol. The highest BCUT2D eigenvalue weighted by molar-refractivity contribution is 6.04. The van der Waals surface area contributed by atoms with Crippen LogP contribution in [0.15, 0.2) is 65.8 Å². The number of rotatable bonds is 4. The molecule has 2 aromatic rings. The molecule has 0 spiro atoms. The minimum Gasteiger partial charge on any atom is -0.445 e. The van der Waals surface area contributed by atoms with Crippen molar-refractivity contribution in [3.05, 3.63) is 71.8 Å². The van der Waals surface area contributed by atoms with Gasteiger partial charge in [-0.2, -0.15) is 5.10 Å². The number of nitrogens with one attached hydrogen (secondary N) is 1. The number of likely N-dealkylation sites (tertiary alicyclic amines) is 1. The van der Waals surface area contributed by atoms with E-state index < -0.39 is 0 Å². The third-order valence-corrected chi connectivity index (χ3v) is 5.73. The SMILES string of the molecule is O=C1NN=C(c2ccccc2)CC1C1CCN(C(=O)OCc2ccccc2)CC1. The fraction of sp³-hybridized carbons (Fsp3) is 0.348. The van der Waals surface area contributed by atoms with Crippen molar-refractivity contribution < 1.29 is 14.3 Å². The zero-order valence-electron chi connectivity index (χ0n) is 16.3. The number of carbonyl (C=O) groups is 2. The van der Waals surface area contributed by atoms with E-state index in [0.717, 1.165) is 29.7 Å². The lowest BCUT2D eigenvalue weighted by atomic mass is 9.79. The average Bonchev–Trinajstić information content (AvgIpc) is 2.79. The zero-order valence-corrected chi connectivity index (χ0v) is 16.3. The lowest BCUT2D eigenvalue weighted by Gasteiger charge is -2.36. The predicted molar refractivity (Wildman–Crippen MR) is 110 cm³/mol. The largest absolute Gasteiger partial charge is 0.445 e. The van der Waals surface area contributed by atoms with E-state index in [9.17, 15) is 9.59 Å². The second kappa shape index (κ2) is 8.90. The standard InChI is InChI=1S/C23H25N3O3/c27-22-20(15-21(24-25-22)19-9-5-2-6-10-19)18-11-13-26(14-12-18)23(28)29-16-17-7-3-1-4-8-17/h1-10,18,20H,11-16H2,(H,25,27). The molecule has 2 aliphatic rings. The Balaban J connectivity index is 1.30. The van der Waals surface area contributed by atoms with Crippen LogP contribution in [0.3, 0.4) is 0 Å². The number of nitrogens with zero attached hydrogens (tertiary/aromatic N) is 2. The van der Waals surface area contributed by atoms with Crippen LogP contribution >= 0.6 is 0 Å². The van der Waals surface area contributed by atoms with E-state index in [4.69, 9.17) is 4.74 Å². The van der Waals surface area contributed by atoms with Crippen molar-refractivity contribution >= 4 is 17.7 Å². The van der Waals surface area contributed by atoms with Gasteiger partial charge in [0.15, 0.2) is 0 Å². The number of piperidine rings is 1. The van der Waals surface area contributed by atoms with Gasteiger partial charge in [0, 0.05) is 25.4 Å². The molecule has 4 rings (SSSR count). The number of hydrogen-bond acceptors (Lipinski definition) is 4. The summed E-state index contributed by atoms with van der Waals surface area (Å²) in [6.07, 6.45) is 1.94. The molecular formula is C23H25N3O3. The van der Waals surface area contributed by atoms with Gasteiger partial charge in [0.1, 0.15) is 6.61 Å². The fourth-order valence-corrected chi connectivity index (χ4v) is 4.04. The summed E-state index contributed by atoms with van der Waals surface area (Å²) in [5, 5.41) is 4.25. The molecule has 0 radical (unpaired) electrons. The predicted octanol–water partition coefficient (Wildman–Crippen LogP) is 3.58. The zero-order chi connectivity index (χ0) is 20.1. The van der Waals surface area contributed by atoms with Gasteiger partial charge in [-0.25, -0.2) is 10.2 Å². The molecule has 0 aromatic heterocycles. The maximum atomic E-state index is 12.4. The summed E-state index contributed by atoms with van der Waals surface area (Å²) in [7, 11) is 0. The third kappa shape index (κ3) is 4.65. The fourth-order valence-electron chi connectivity index (χ4n) is 4.04. The normalized spacial score (nSPS) is 20.0. The number of benzene rings is 2. The molecule has 1 atom stereocenters. The Morgan fingerprint density at radius 1 is 1.03 bits per heavy atom. The van der Waals surface area contributed by atoms with E-state index in [1.54, 1.807) is 4.90 Å². The maximum Gasteiger partial charge on any atom is 0.410 e. The molecule has 1 unspecified atom stereocenters. The Morgan fingerprint density at radius 3 is 2.38 bits per heavy atom. The van der Waals surface area contributed by atoms with Crippen LogP contribution in [0.25, 0.3) is 0 Å². The monoisotopic (exact) mass is 391 g/mol. The molecule has 1 fully saturated rings. The molecule has 2 heterocycles. The Bertz CT molecular complexity index is 875. The first-order valence-electron chi connectivity index (χ1n) is 10.1. The smallest absolute Gasteiger partial charge is 0.410 e. The van der Waals surface area contributed by atoms with E-state index in [2.05, 4.69) is 10.5 Å². The number of hydrogen-bond donors (Lipinski definition) is 1. The quantitative estimate of drug-likeness (QED) is 0.866. The topological polar surface area (TPSA) is 71.0 Å². The highest BCUT2D eigenvalue weighted by atomic mass is 16.6. The van der Waals surface area contributed by atoms with E-state index >= 15 is 0 Å². The van der Waals surface area contributed by atoms with Crippen LogP contribution in [0, 0.1) is 11.8 Å². The number of ether oxygens (including phenoxy) is 1. The number of hydrazone groups is 1. The van der Waals surface area contributed by atoms with Crippen LogP contribution in [0.5, 0.6) is 0 Å². The van der Waals surface area contributed by atoms with Crippen LogP contribution in [0.4, 0.5) is 4.79 Å². The number of carbonyl (C=O) groups excluding carboxylic acids is 2. The van der Waals surface area contributed by atoms with Gasteiger partial charge in [-0.05, 0) is 29.9 Å². The van der Waals surface area contributed by atoms with Crippen LogP contribution in [-0.4, -0.2) is 35.7 Å². The maximum absolute atomic E-state index is 12.4. The highest BCUT2D eigenvalue weighted by Crippen LogP contribution is 2.30. The van der Waals surface area contributed by atoms with Crippen molar-refractivity contribution in [3.8, 4) is 0 Å². The summed E-state index contributed by atoms with van der Waals surface area (Å²) >= 11 is 0. The first-order chi connectivity index (χ1) is 14.2.